The Kier molecular flexibility index (Phi) is 8.04. The summed E-state index contributed by atoms with van der Waals surface area (Å²) in [5, 5.41) is 9.17. The Morgan fingerprint density at radius 3 is 2.33 bits per heavy atom. The van der Waals surface area contributed by atoms with Crippen molar-refractivity contribution < 1.29 is 14.6 Å². The van der Waals surface area contributed by atoms with Gasteiger partial charge in [0.1, 0.15) is 6.61 Å². The van der Waals surface area contributed by atoms with Gasteiger partial charge in [-0.3, -0.25) is 0 Å². The summed E-state index contributed by atoms with van der Waals surface area (Å²) in [6.45, 7) is 7.75. The number of aliphatic hydroxyl groups is 1. The van der Waals surface area contributed by atoms with Crippen LogP contribution in [0.1, 0.15) is 54.7 Å². The van der Waals surface area contributed by atoms with E-state index in [1.54, 1.807) is 0 Å². The summed E-state index contributed by atoms with van der Waals surface area (Å²) in [4.78, 5) is 11.5. The highest BCUT2D eigenvalue weighted by atomic mass is 16.5. The minimum absolute atomic E-state index is 0.143. The molecule has 2 aromatic rings. The van der Waals surface area contributed by atoms with Crippen molar-refractivity contribution in [2.24, 2.45) is 5.92 Å². The third kappa shape index (κ3) is 5.70. The first-order chi connectivity index (χ1) is 14.6. The number of carbonyl (C=O) groups excluding carboxylic acids is 1. The van der Waals surface area contributed by atoms with E-state index in [0.717, 1.165) is 28.7 Å². The zero-order valence-corrected chi connectivity index (χ0v) is 17.7. The zero-order valence-electron chi connectivity index (χ0n) is 17.7. The molecule has 3 heteroatoms. The van der Waals surface area contributed by atoms with E-state index in [9.17, 15) is 4.79 Å². The summed E-state index contributed by atoms with van der Waals surface area (Å²) in [5.74, 6) is 0.896. The number of hydrogen-bond donors (Lipinski definition) is 1. The number of aryl methyl sites for hydroxylation is 1. The monoisotopic (exact) mass is 404 g/mol. The second-order valence-electron chi connectivity index (χ2n) is 8.09. The molecule has 1 aliphatic rings. The summed E-state index contributed by atoms with van der Waals surface area (Å²) < 4.78 is 5.28. The predicted molar refractivity (Wildman–Crippen MR) is 122 cm³/mol. The molecule has 3 rings (SSSR count). The molecule has 1 fully saturated rings. The molecule has 0 bridgehead atoms. The van der Waals surface area contributed by atoms with Gasteiger partial charge in [-0.2, -0.15) is 0 Å². The molecule has 0 aliphatic heterocycles. The van der Waals surface area contributed by atoms with Gasteiger partial charge in [-0.15, -0.1) is 6.58 Å². The summed E-state index contributed by atoms with van der Waals surface area (Å²) in [6.07, 6.45) is 9.65. The maximum atomic E-state index is 11.5. The maximum absolute atomic E-state index is 11.5. The highest BCUT2D eigenvalue weighted by molar-refractivity contribution is 5.81. The smallest absolute Gasteiger partial charge is 0.330 e. The van der Waals surface area contributed by atoms with Crippen LogP contribution < -0.4 is 0 Å². The lowest BCUT2D eigenvalue weighted by atomic mass is 9.78. The van der Waals surface area contributed by atoms with E-state index in [1.165, 1.54) is 37.3 Å². The molecule has 3 nitrogen and oxygen atoms in total. The van der Waals surface area contributed by atoms with E-state index in [2.05, 4.69) is 61.7 Å². The Bertz CT molecular complexity index is 858. The molecule has 30 heavy (non-hydrogen) atoms. The van der Waals surface area contributed by atoms with Crippen LogP contribution in [0.3, 0.4) is 0 Å². The van der Waals surface area contributed by atoms with Crippen LogP contribution in [0.25, 0.3) is 11.1 Å². The number of rotatable bonds is 9. The SMILES string of the molecule is C=CC(=O)OCc1cc(-c2ccc(C3CCC(C=C)CC3)cc2)ccc1CCCO. The van der Waals surface area contributed by atoms with Gasteiger partial charge in [0.25, 0.3) is 0 Å². The number of aliphatic hydroxyl groups excluding tert-OH is 1. The van der Waals surface area contributed by atoms with E-state index in [1.807, 2.05) is 0 Å². The van der Waals surface area contributed by atoms with Gasteiger partial charge < -0.3 is 9.84 Å². The summed E-state index contributed by atoms with van der Waals surface area (Å²) in [7, 11) is 0. The van der Waals surface area contributed by atoms with E-state index < -0.39 is 5.97 Å². The highest BCUT2D eigenvalue weighted by Crippen LogP contribution is 2.37. The minimum atomic E-state index is -0.427. The summed E-state index contributed by atoms with van der Waals surface area (Å²) in [6, 6.07) is 15.2. The number of allylic oxidation sites excluding steroid dienone is 1. The minimum Gasteiger partial charge on any atom is -0.458 e. The Hall–Kier alpha value is -2.65. The molecule has 1 aliphatic carbocycles. The number of esters is 1. The van der Waals surface area contributed by atoms with Crippen molar-refractivity contribution >= 4 is 5.97 Å². The van der Waals surface area contributed by atoms with Crippen LogP contribution >= 0.6 is 0 Å². The number of hydrogen-bond acceptors (Lipinski definition) is 3. The molecule has 1 saturated carbocycles. The van der Waals surface area contributed by atoms with Gasteiger partial charge in [-0.1, -0.05) is 49.1 Å². The first-order valence-electron chi connectivity index (χ1n) is 10.9. The van der Waals surface area contributed by atoms with Crippen molar-refractivity contribution in [3.63, 3.8) is 0 Å². The largest absolute Gasteiger partial charge is 0.458 e. The lowest BCUT2D eigenvalue weighted by molar-refractivity contribution is -0.138. The van der Waals surface area contributed by atoms with Crippen molar-refractivity contribution in [2.75, 3.05) is 6.61 Å². The molecule has 1 N–H and O–H groups in total. The third-order valence-corrected chi connectivity index (χ3v) is 6.17. The predicted octanol–water partition coefficient (Wildman–Crippen LogP) is 5.97. The molecule has 0 spiro atoms. The Morgan fingerprint density at radius 1 is 1.00 bits per heavy atom. The van der Waals surface area contributed by atoms with Gasteiger partial charge in [-0.05, 0) is 84.2 Å². The lowest BCUT2D eigenvalue weighted by Crippen LogP contribution is -2.11. The van der Waals surface area contributed by atoms with Crippen LogP contribution in [0.15, 0.2) is 67.8 Å². The van der Waals surface area contributed by atoms with Crippen molar-refractivity contribution in [1.82, 2.24) is 0 Å². The first-order valence-corrected chi connectivity index (χ1v) is 10.9. The number of benzene rings is 2. The molecular weight excluding hydrogens is 372 g/mol. The Morgan fingerprint density at radius 2 is 1.70 bits per heavy atom. The summed E-state index contributed by atoms with van der Waals surface area (Å²) >= 11 is 0. The molecule has 0 atom stereocenters. The molecule has 158 valence electrons. The number of ether oxygens (including phenoxy) is 1. The van der Waals surface area contributed by atoms with Crippen LogP contribution in [0.4, 0.5) is 0 Å². The van der Waals surface area contributed by atoms with Gasteiger partial charge in [0, 0.05) is 12.7 Å². The lowest BCUT2D eigenvalue weighted by Gasteiger charge is -2.27. The second-order valence-corrected chi connectivity index (χ2v) is 8.09. The molecule has 0 aromatic heterocycles. The molecule has 0 saturated heterocycles. The van der Waals surface area contributed by atoms with E-state index >= 15 is 0 Å². The van der Waals surface area contributed by atoms with Crippen LogP contribution in [0, 0.1) is 5.92 Å². The second kappa shape index (κ2) is 10.9. The average molecular weight is 405 g/mol. The Labute approximate surface area is 180 Å². The average Bonchev–Trinajstić information content (AvgIpc) is 2.81. The van der Waals surface area contributed by atoms with Crippen molar-refractivity contribution in [3.05, 3.63) is 84.5 Å². The molecule has 2 aromatic carbocycles. The fourth-order valence-corrected chi connectivity index (χ4v) is 4.30. The van der Waals surface area contributed by atoms with Gasteiger partial charge >= 0.3 is 5.97 Å². The van der Waals surface area contributed by atoms with Crippen molar-refractivity contribution in [3.8, 4) is 11.1 Å². The fourth-order valence-electron chi connectivity index (χ4n) is 4.30. The van der Waals surface area contributed by atoms with Crippen molar-refractivity contribution in [2.45, 2.75) is 51.0 Å². The molecule has 0 radical (unpaired) electrons. The Balaban J connectivity index is 1.76. The molecule has 0 unspecified atom stereocenters. The van der Waals surface area contributed by atoms with Crippen molar-refractivity contribution in [1.29, 1.82) is 0 Å². The van der Waals surface area contributed by atoms with E-state index in [-0.39, 0.29) is 13.2 Å². The quantitative estimate of drug-likeness (QED) is 0.318. The van der Waals surface area contributed by atoms with Gasteiger partial charge in [0.15, 0.2) is 0 Å². The third-order valence-electron chi connectivity index (χ3n) is 6.17. The van der Waals surface area contributed by atoms with Gasteiger partial charge in [-0.25, -0.2) is 4.79 Å². The molecular formula is C27H32O3. The van der Waals surface area contributed by atoms with Crippen LogP contribution in [0.2, 0.25) is 0 Å². The van der Waals surface area contributed by atoms with E-state index in [4.69, 9.17) is 9.84 Å². The number of carbonyl (C=O) groups is 1. The first kappa shape index (κ1) is 22.0. The van der Waals surface area contributed by atoms with Gasteiger partial charge in [0.2, 0.25) is 0 Å². The highest BCUT2D eigenvalue weighted by Gasteiger charge is 2.20. The van der Waals surface area contributed by atoms with Crippen LogP contribution in [-0.4, -0.2) is 17.7 Å². The fraction of sp³-hybridized carbons (Fsp3) is 0.370. The van der Waals surface area contributed by atoms with Crippen LogP contribution in [-0.2, 0) is 22.6 Å². The molecule has 0 amide bonds. The zero-order chi connectivity index (χ0) is 21.3. The topological polar surface area (TPSA) is 46.5 Å². The normalized spacial score (nSPS) is 18.6. The van der Waals surface area contributed by atoms with Gasteiger partial charge in [0.05, 0.1) is 0 Å². The summed E-state index contributed by atoms with van der Waals surface area (Å²) in [5.41, 5.74) is 5.75. The maximum Gasteiger partial charge on any atom is 0.330 e. The van der Waals surface area contributed by atoms with E-state index in [0.29, 0.717) is 18.3 Å². The standard InChI is InChI=1S/C27H32O3/c1-3-20-7-9-22(10-8-20)23-11-13-24(14-12-23)25-16-15-21(6-5-17-28)26(18-25)19-30-27(29)4-2/h3-4,11-16,18,20,22,28H,1-2,5-10,17,19H2. The molecule has 0 heterocycles. The van der Waals surface area contributed by atoms with Crippen LogP contribution in [0.5, 0.6) is 0 Å².